The lowest BCUT2D eigenvalue weighted by atomic mass is 10.2. The largest absolute Gasteiger partial charge is 0.506 e. The average Bonchev–Trinajstić information content (AvgIpc) is 2.70. The van der Waals surface area contributed by atoms with E-state index in [-0.39, 0.29) is 22.0 Å². The first kappa shape index (κ1) is 21.1. The van der Waals surface area contributed by atoms with E-state index in [1.165, 1.54) is 30.3 Å². The van der Waals surface area contributed by atoms with E-state index in [1.807, 2.05) is 0 Å². The summed E-state index contributed by atoms with van der Waals surface area (Å²) in [5.74, 6) is -2.13. The Morgan fingerprint density at radius 2 is 1.63 bits per heavy atom. The molecule has 0 aliphatic carbocycles. The third-order valence-electron chi connectivity index (χ3n) is 4.24. The lowest BCUT2D eigenvalue weighted by Crippen LogP contribution is -2.23. The van der Waals surface area contributed by atoms with Crippen LogP contribution in [-0.2, 0) is 14.6 Å². The minimum absolute atomic E-state index is 0.0690. The summed E-state index contributed by atoms with van der Waals surface area (Å²) in [7, 11) is -3.80. The Morgan fingerprint density at radius 3 is 2.30 bits per heavy atom. The van der Waals surface area contributed by atoms with E-state index >= 15 is 0 Å². The SMILES string of the molecule is Cc1cccc(S(=O)(=O)CC(=O)Nc2ccc(NC(=O)c3ccccc3)c(O)c2)c1. The van der Waals surface area contributed by atoms with Crippen LogP contribution in [0.4, 0.5) is 11.4 Å². The number of amides is 2. The van der Waals surface area contributed by atoms with Gasteiger partial charge in [-0.05, 0) is 48.9 Å². The van der Waals surface area contributed by atoms with Crippen LogP contribution in [0.1, 0.15) is 15.9 Å². The maximum Gasteiger partial charge on any atom is 0.255 e. The molecule has 0 saturated carbocycles. The molecule has 7 nitrogen and oxygen atoms in total. The lowest BCUT2D eigenvalue weighted by Gasteiger charge is -2.11. The number of carbonyl (C=O) groups is 2. The van der Waals surface area contributed by atoms with E-state index in [2.05, 4.69) is 10.6 Å². The Morgan fingerprint density at radius 1 is 0.900 bits per heavy atom. The molecule has 0 aromatic heterocycles. The maximum absolute atomic E-state index is 12.4. The van der Waals surface area contributed by atoms with Crippen molar-refractivity contribution in [1.82, 2.24) is 0 Å². The molecule has 0 radical (unpaired) electrons. The Hall–Kier alpha value is -3.65. The van der Waals surface area contributed by atoms with Crippen molar-refractivity contribution in [2.45, 2.75) is 11.8 Å². The number of sulfone groups is 1. The van der Waals surface area contributed by atoms with E-state index in [0.29, 0.717) is 5.56 Å². The van der Waals surface area contributed by atoms with Crippen LogP contribution in [-0.4, -0.2) is 31.1 Å². The number of phenolic OH excluding ortho intramolecular Hbond substituents is 1. The summed E-state index contributed by atoms with van der Waals surface area (Å²) >= 11 is 0. The summed E-state index contributed by atoms with van der Waals surface area (Å²) < 4.78 is 24.8. The zero-order valence-corrected chi connectivity index (χ0v) is 16.9. The molecule has 0 unspecified atom stereocenters. The Balaban J connectivity index is 1.66. The Bertz CT molecular complexity index is 1190. The molecule has 3 N–H and O–H groups in total. The van der Waals surface area contributed by atoms with E-state index in [4.69, 9.17) is 0 Å². The van der Waals surface area contributed by atoms with Gasteiger partial charge in [-0.1, -0.05) is 30.3 Å². The number of aryl methyl sites for hydroxylation is 1. The van der Waals surface area contributed by atoms with E-state index in [0.717, 1.165) is 5.56 Å². The monoisotopic (exact) mass is 424 g/mol. The number of rotatable bonds is 6. The number of hydrogen-bond acceptors (Lipinski definition) is 5. The molecule has 3 aromatic carbocycles. The zero-order chi connectivity index (χ0) is 21.7. The molecule has 154 valence electrons. The third kappa shape index (κ3) is 5.24. The van der Waals surface area contributed by atoms with Crippen molar-refractivity contribution in [2.75, 3.05) is 16.4 Å². The van der Waals surface area contributed by atoms with Crippen LogP contribution in [0.3, 0.4) is 0 Å². The summed E-state index contributed by atoms with van der Waals surface area (Å²) in [6, 6.07) is 18.9. The molecular formula is C22H20N2O5S. The van der Waals surface area contributed by atoms with Crippen molar-refractivity contribution < 1.29 is 23.1 Å². The van der Waals surface area contributed by atoms with Crippen molar-refractivity contribution in [2.24, 2.45) is 0 Å². The van der Waals surface area contributed by atoms with E-state index < -0.39 is 27.4 Å². The van der Waals surface area contributed by atoms with Gasteiger partial charge in [0.25, 0.3) is 5.91 Å². The fraction of sp³-hybridized carbons (Fsp3) is 0.0909. The molecule has 0 atom stereocenters. The highest BCUT2D eigenvalue weighted by Gasteiger charge is 2.20. The fourth-order valence-corrected chi connectivity index (χ4v) is 4.00. The quantitative estimate of drug-likeness (QED) is 0.525. The molecule has 2 amide bonds. The van der Waals surface area contributed by atoms with E-state index in [1.54, 1.807) is 49.4 Å². The molecule has 0 heterocycles. The van der Waals surface area contributed by atoms with Crippen LogP contribution in [0.15, 0.2) is 77.7 Å². The van der Waals surface area contributed by atoms with Gasteiger partial charge in [0, 0.05) is 17.3 Å². The van der Waals surface area contributed by atoms with Crippen LogP contribution in [0.2, 0.25) is 0 Å². The summed E-state index contributed by atoms with van der Waals surface area (Å²) in [5.41, 5.74) is 1.56. The van der Waals surface area contributed by atoms with Crippen molar-refractivity contribution >= 4 is 33.0 Å². The topological polar surface area (TPSA) is 113 Å². The fourth-order valence-electron chi connectivity index (χ4n) is 2.76. The minimum Gasteiger partial charge on any atom is -0.506 e. The van der Waals surface area contributed by atoms with Crippen LogP contribution >= 0.6 is 0 Å². The van der Waals surface area contributed by atoms with Gasteiger partial charge in [-0.2, -0.15) is 0 Å². The second-order valence-electron chi connectivity index (χ2n) is 6.68. The van der Waals surface area contributed by atoms with Crippen LogP contribution in [0, 0.1) is 6.92 Å². The van der Waals surface area contributed by atoms with Gasteiger partial charge in [-0.15, -0.1) is 0 Å². The second-order valence-corrected chi connectivity index (χ2v) is 8.67. The molecule has 8 heteroatoms. The maximum atomic E-state index is 12.4. The van der Waals surface area contributed by atoms with Crippen molar-refractivity contribution in [3.05, 3.63) is 83.9 Å². The second kappa shape index (κ2) is 8.79. The first-order valence-electron chi connectivity index (χ1n) is 9.03. The molecule has 0 spiro atoms. The number of hydrogen-bond donors (Lipinski definition) is 3. The highest BCUT2D eigenvalue weighted by Crippen LogP contribution is 2.27. The molecular weight excluding hydrogens is 404 g/mol. The Labute approximate surface area is 174 Å². The number of anilines is 2. The van der Waals surface area contributed by atoms with Gasteiger partial charge in [0.2, 0.25) is 5.91 Å². The first-order chi connectivity index (χ1) is 14.2. The predicted octanol–water partition coefficient (Wildman–Crippen LogP) is 3.37. The average molecular weight is 424 g/mol. The molecule has 3 aromatic rings. The van der Waals surface area contributed by atoms with Gasteiger partial charge in [0.1, 0.15) is 11.5 Å². The van der Waals surface area contributed by atoms with Crippen molar-refractivity contribution in [3.8, 4) is 5.75 Å². The van der Waals surface area contributed by atoms with Crippen molar-refractivity contribution in [3.63, 3.8) is 0 Å². The minimum atomic E-state index is -3.80. The summed E-state index contributed by atoms with van der Waals surface area (Å²) in [5, 5.41) is 15.2. The van der Waals surface area contributed by atoms with Gasteiger partial charge in [0.15, 0.2) is 9.84 Å². The zero-order valence-electron chi connectivity index (χ0n) is 16.1. The highest BCUT2D eigenvalue weighted by molar-refractivity contribution is 7.92. The summed E-state index contributed by atoms with van der Waals surface area (Å²) in [6.07, 6.45) is 0. The first-order valence-corrected chi connectivity index (χ1v) is 10.7. The molecule has 0 aliphatic heterocycles. The number of phenols is 1. The van der Waals surface area contributed by atoms with Crippen LogP contribution in [0.25, 0.3) is 0 Å². The van der Waals surface area contributed by atoms with Crippen LogP contribution < -0.4 is 10.6 Å². The number of aromatic hydroxyl groups is 1. The third-order valence-corrected chi connectivity index (χ3v) is 5.85. The standard InChI is InChI=1S/C22H20N2O5S/c1-15-6-5-9-18(12-15)30(28,29)14-21(26)23-17-10-11-19(20(25)13-17)24-22(27)16-7-3-2-4-8-16/h2-13,25H,14H2,1H3,(H,23,26)(H,24,27). The smallest absolute Gasteiger partial charge is 0.255 e. The summed E-state index contributed by atoms with van der Waals surface area (Å²) in [4.78, 5) is 24.5. The molecule has 0 fully saturated rings. The molecule has 0 saturated heterocycles. The molecule has 3 rings (SSSR count). The highest BCUT2D eigenvalue weighted by atomic mass is 32.2. The van der Waals surface area contributed by atoms with Gasteiger partial charge >= 0.3 is 0 Å². The van der Waals surface area contributed by atoms with Crippen LogP contribution in [0.5, 0.6) is 5.75 Å². The number of nitrogens with one attached hydrogen (secondary N) is 2. The van der Waals surface area contributed by atoms with Gasteiger partial charge in [0.05, 0.1) is 10.6 Å². The Kier molecular flexibility index (Phi) is 6.17. The lowest BCUT2D eigenvalue weighted by molar-refractivity contribution is -0.113. The van der Waals surface area contributed by atoms with Gasteiger partial charge in [-0.25, -0.2) is 8.42 Å². The predicted molar refractivity (Wildman–Crippen MR) is 114 cm³/mol. The normalized spacial score (nSPS) is 11.0. The summed E-state index contributed by atoms with van der Waals surface area (Å²) in [6.45, 7) is 1.76. The van der Waals surface area contributed by atoms with E-state index in [9.17, 15) is 23.1 Å². The van der Waals surface area contributed by atoms with Gasteiger partial charge < -0.3 is 15.7 Å². The number of carbonyl (C=O) groups excluding carboxylic acids is 2. The van der Waals surface area contributed by atoms with Crippen molar-refractivity contribution in [1.29, 1.82) is 0 Å². The molecule has 0 aliphatic rings. The molecule has 30 heavy (non-hydrogen) atoms. The van der Waals surface area contributed by atoms with Gasteiger partial charge in [-0.3, -0.25) is 9.59 Å². The number of benzene rings is 3. The molecule has 0 bridgehead atoms.